The molecule has 2 heteroatoms. The van der Waals surface area contributed by atoms with Crippen LogP contribution in [0.5, 0.6) is 0 Å². The van der Waals surface area contributed by atoms with Gasteiger partial charge in [-0.3, -0.25) is 0 Å². The van der Waals surface area contributed by atoms with Crippen molar-refractivity contribution in [1.82, 2.24) is 0 Å². The fourth-order valence-electron chi connectivity index (χ4n) is 1.11. The molecular formula is C11H16OS. The summed E-state index contributed by atoms with van der Waals surface area (Å²) in [6.07, 6.45) is 0.994. The Hall–Kier alpha value is -0.470. The number of rotatable bonds is 5. The van der Waals surface area contributed by atoms with Crippen LogP contribution in [0.15, 0.2) is 24.3 Å². The van der Waals surface area contributed by atoms with Gasteiger partial charge in [-0.2, -0.15) is 12.6 Å². The molecule has 0 radical (unpaired) electrons. The Bertz CT molecular complexity index is 230. The minimum absolute atomic E-state index is 0.745. The van der Waals surface area contributed by atoms with E-state index in [0.717, 1.165) is 25.4 Å². The highest BCUT2D eigenvalue weighted by atomic mass is 32.1. The molecule has 0 aliphatic heterocycles. The summed E-state index contributed by atoms with van der Waals surface area (Å²) in [7, 11) is 0. The average Bonchev–Trinajstić information content (AvgIpc) is 2.15. The molecule has 0 amide bonds. The summed E-state index contributed by atoms with van der Waals surface area (Å²) in [6, 6.07) is 8.57. The van der Waals surface area contributed by atoms with Crippen LogP contribution in [0.25, 0.3) is 0 Å². The summed E-state index contributed by atoms with van der Waals surface area (Å²) in [5.41, 5.74) is 2.64. The van der Waals surface area contributed by atoms with Gasteiger partial charge in [-0.1, -0.05) is 29.8 Å². The summed E-state index contributed by atoms with van der Waals surface area (Å²) in [5, 5.41) is 0. The first kappa shape index (κ1) is 10.6. The van der Waals surface area contributed by atoms with Crippen LogP contribution in [-0.2, 0) is 11.2 Å². The lowest BCUT2D eigenvalue weighted by atomic mass is 10.1. The Morgan fingerprint density at radius 3 is 2.46 bits per heavy atom. The predicted molar refractivity (Wildman–Crippen MR) is 59.6 cm³/mol. The third-order valence-electron chi connectivity index (χ3n) is 1.89. The van der Waals surface area contributed by atoms with E-state index in [1.807, 2.05) is 0 Å². The molecular weight excluding hydrogens is 180 g/mol. The highest BCUT2D eigenvalue weighted by Gasteiger charge is 1.92. The molecule has 0 aromatic heterocycles. The lowest BCUT2D eigenvalue weighted by Gasteiger charge is -2.02. The summed E-state index contributed by atoms with van der Waals surface area (Å²) in [6.45, 7) is 3.64. The van der Waals surface area contributed by atoms with Crippen LogP contribution in [0.2, 0.25) is 0 Å². The smallest absolute Gasteiger partial charge is 0.0554 e. The molecule has 0 bridgehead atoms. The van der Waals surface area contributed by atoms with Gasteiger partial charge in [0.05, 0.1) is 13.2 Å². The Morgan fingerprint density at radius 2 is 1.85 bits per heavy atom. The van der Waals surface area contributed by atoms with Crippen molar-refractivity contribution in [3.05, 3.63) is 35.4 Å². The maximum atomic E-state index is 5.34. The van der Waals surface area contributed by atoms with E-state index in [-0.39, 0.29) is 0 Å². The van der Waals surface area contributed by atoms with Gasteiger partial charge in [0.25, 0.3) is 0 Å². The van der Waals surface area contributed by atoms with E-state index >= 15 is 0 Å². The normalized spacial score (nSPS) is 10.3. The lowest BCUT2D eigenvalue weighted by molar-refractivity contribution is 0.153. The molecule has 1 nitrogen and oxygen atoms in total. The zero-order valence-electron chi connectivity index (χ0n) is 7.99. The molecule has 0 spiro atoms. The molecule has 13 heavy (non-hydrogen) atoms. The number of hydrogen-bond acceptors (Lipinski definition) is 2. The van der Waals surface area contributed by atoms with Crippen molar-refractivity contribution in [2.75, 3.05) is 19.0 Å². The summed E-state index contributed by atoms with van der Waals surface area (Å²) in [5.74, 6) is 0.800. The molecule has 72 valence electrons. The second kappa shape index (κ2) is 6.06. The summed E-state index contributed by atoms with van der Waals surface area (Å²) >= 11 is 4.07. The van der Waals surface area contributed by atoms with E-state index in [1.165, 1.54) is 11.1 Å². The van der Waals surface area contributed by atoms with Crippen molar-refractivity contribution in [1.29, 1.82) is 0 Å². The van der Waals surface area contributed by atoms with Crippen LogP contribution in [0.1, 0.15) is 11.1 Å². The van der Waals surface area contributed by atoms with Crippen LogP contribution in [-0.4, -0.2) is 19.0 Å². The molecule has 0 fully saturated rings. The Kier molecular flexibility index (Phi) is 4.94. The quantitative estimate of drug-likeness (QED) is 0.562. The summed E-state index contributed by atoms with van der Waals surface area (Å²) in [4.78, 5) is 0. The van der Waals surface area contributed by atoms with E-state index < -0.39 is 0 Å². The molecule has 0 atom stereocenters. The fourth-order valence-corrected chi connectivity index (χ4v) is 1.24. The van der Waals surface area contributed by atoms with E-state index in [9.17, 15) is 0 Å². The SMILES string of the molecule is Cc1ccc(CCOCCS)cc1. The third-order valence-corrected chi connectivity index (χ3v) is 2.07. The molecule has 1 rings (SSSR count). The van der Waals surface area contributed by atoms with E-state index in [2.05, 4.69) is 43.8 Å². The van der Waals surface area contributed by atoms with Crippen LogP contribution < -0.4 is 0 Å². The van der Waals surface area contributed by atoms with Gasteiger partial charge in [-0.05, 0) is 18.9 Å². The van der Waals surface area contributed by atoms with E-state index in [0.29, 0.717) is 0 Å². The number of aryl methyl sites for hydroxylation is 1. The Morgan fingerprint density at radius 1 is 1.15 bits per heavy atom. The van der Waals surface area contributed by atoms with Crippen molar-refractivity contribution in [2.24, 2.45) is 0 Å². The first-order chi connectivity index (χ1) is 6.33. The van der Waals surface area contributed by atoms with Crippen LogP contribution in [0.4, 0.5) is 0 Å². The van der Waals surface area contributed by atoms with Gasteiger partial charge in [0.15, 0.2) is 0 Å². The molecule has 0 aliphatic carbocycles. The van der Waals surface area contributed by atoms with Crippen molar-refractivity contribution in [3.63, 3.8) is 0 Å². The van der Waals surface area contributed by atoms with Crippen LogP contribution in [0.3, 0.4) is 0 Å². The van der Waals surface area contributed by atoms with Crippen LogP contribution in [0, 0.1) is 6.92 Å². The maximum absolute atomic E-state index is 5.34. The van der Waals surface area contributed by atoms with Crippen LogP contribution >= 0.6 is 12.6 Å². The minimum atomic E-state index is 0.745. The number of hydrogen-bond donors (Lipinski definition) is 1. The second-order valence-corrected chi connectivity index (χ2v) is 3.52. The molecule has 1 aromatic carbocycles. The zero-order valence-corrected chi connectivity index (χ0v) is 8.89. The number of thiol groups is 1. The first-order valence-corrected chi connectivity index (χ1v) is 5.20. The van der Waals surface area contributed by atoms with E-state index in [4.69, 9.17) is 4.74 Å². The number of benzene rings is 1. The van der Waals surface area contributed by atoms with Crippen molar-refractivity contribution in [2.45, 2.75) is 13.3 Å². The van der Waals surface area contributed by atoms with E-state index in [1.54, 1.807) is 0 Å². The van der Waals surface area contributed by atoms with Gasteiger partial charge in [-0.25, -0.2) is 0 Å². The van der Waals surface area contributed by atoms with Gasteiger partial charge >= 0.3 is 0 Å². The van der Waals surface area contributed by atoms with Crippen molar-refractivity contribution >= 4 is 12.6 Å². The summed E-state index contributed by atoms with van der Waals surface area (Å²) < 4.78 is 5.34. The second-order valence-electron chi connectivity index (χ2n) is 3.07. The third kappa shape index (κ3) is 4.34. The Labute approximate surface area is 85.5 Å². The lowest BCUT2D eigenvalue weighted by Crippen LogP contribution is -2.00. The topological polar surface area (TPSA) is 9.23 Å². The molecule has 0 saturated heterocycles. The standard InChI is InChI=1S/C11H16OS/c1-10-2-4-11(5-3-10)6-7-12-8-9-13/h2-5,13H,6-9H2,1H3. The molecule has 0 saturated carbocycles. The average molecular weight is 196 g/mol. The van der Waals surface area contributed by atoms with Gasteiger partial charge in [-0.15, -0.1) is 0 Å². The highest BCUT2D eigenvalue weighted by Crippen LogP contribution is 2.03. The molecule has 0 unspecified atom stereocenters. The zero-order chi connectivity index (χ0) is 9.52. The van der Waals surface area contributed by atoms with Crippen molar-refractivity contribution < 1.29 is 4.74 Å². The fraction of sp³-hybridized carbons (Fsp3) is 0.455. The molecule has 0 heterocycles. The van der Waals surface area contributed by atoms with Gasteiger partial charge < -0.3 is 4.74 Å². The van der Waals surface area contributed by atoms with Gasteiger partial charge in [0.1, 0.15) is 0 Å². The minimum Gasteiger partial charge on any atom is -0.380 e. The highest BCUT2D eigenvalue weighted by molar-refractivity contribution is 7.80. The maximum Gasteiger partial charge on any atom is 0.0554 e. The Balaban J connectivity index is 2.25. The predicted octanol–water partition coefficient (Wildman–Crippen LogP) is 2.48. The molecule has 0 aliphatic rings. The molecule has 0 N–H and O–H groups in total. The van der Waals surface area contributed by atoms with Crippen molar-refractivity contribution in [3.8, 4) is 0 Å². The molecule has 1 aromatic rings. The first-order valence-electron chi connectivity index (χ1n) is 4.57. The number of ether oxygens (including phenoxy) is 1. The van der Waals surface area contributed by atoms with Gasteiger partial charge in [0, 0.05) is 5.75 Å². The largest absolute Gasteiger partial charge is 0.380 e. The van der Waals surface area contributed by atoms with Gasteiger partial charge in [0.2, 0.25) is 0 Å². The monoisotopic (exact) mass is 196 g/mol.